The molecule has 2 aromatic carbocycles. The molecule has 2 aromatic rings. The van der Waals surface area contributed by atoms with Crippen LogP contribution in [-0.2, 0) is 39.8 Å². The van der Waals surface area contributed by atoms with Crippen molar-refractivity contribution in [2.24, 2.45) is 0 Å². The molecule has 1 saturated heterocycles. The minimum Gasteiger partial charge on any atom is -0.497 e. The maximum Gasteiger partial charge on any atom is 0.303 e. The van der Waals surface area contributed by atoms with Gasteiger partial charge in [-0.3, -0.25) is 14.4 Å². The number of fused-ring (bicyclic) bond motifs is 1. The number of hydrogen-bond donors (Lipinski definition) is 0. The van der Waals surface area contributed by atoms with Crippen LogP contribution in [0.4, 0.5) is 0 Å². The zero-order valence-corrected chi connectivity index (χ0v) is 21.9. The van der Waals surface area contributed by atoms with Crippen LogP contribution in [0.2, 0.25) is 0 Å². The van der Waals surface area contributed by atoms with Gasteiger partial charge >= 0.3 is 17.9 Å². The molecule has 1 unspecified atom stereocenters. The normalized spacial score (nSPS) is 26.6. The van der Waals surface area contributed by atoms with Gasteiger partial charge in [0.25, 0.3) is 0 Å². The predicted molar refractivity (Wildman–Crippen MR) is 134 cm³/mol. The molecule has 0 radical (unpaired) electrons. The highest BCUT2D eigenvalue weighted by molar-refractivity contribution is 5.68. The van der Waals surface area contributed by atoms with Gasteiger partial charge in [-0.15, -0.1) is 0 Å². The smallest absolute Gasteiger partial charge is 0.303 e. The van der Waals surface area contributed by atoms with Gasteiger partial charge in [-0.25, -0.2) is 0 Å². The van der Waals surface area contributed by atoms with Crippen LogP contribution in [0.1, 0.15) is 74.8 Å². The van der Waals surface area contributed by atoms with Crippen LogP contribution < -0.4 is 4.74 Å². The zero-order valence-electron chi connectivity index (χ0n) is 21.9. The van der Waals surface area contributed by atoms with Crippen LogP contribution >= 0.6 is 0 Å². The fraction of sp³-hybridized carbons (Fsp3) is 0.483. The molecular formula is C29H34O8. The predicted octanol–water partition coefficient (Wildman–Crippen LogP) is 4.42. The number of rotatable bonds is 7. The van der Waals surface area contributed by atoms with E-state index in [2.05, 4.69) is 24.3 Å². The Bertz CT molecular complexity index is 1140. The molecular weight excluding hydrogens is 476 g/mol. The zero-order chi connectivity index (χ0) is 26.7. The summed E-state index contributed by atoms with van der Waals surface area (Å²) in [5.41, 5.74) is 4.44. The Hall–Kier alpha value is -3.39. The van der Waals surface area contributed by atoms with E-state index in [-0.39, 0.29) is 5.92 Å². The molecule has 0 bridgehead atoms. The highest BCUT2D eigenvalue weighted by Gasteiger charge is 2.51. The third kappa shape index (κ3) is 5.80. The average Bonchev–Trinajstić information content (AvgIpc) is 3.28. The van der Waals surface area contributed by atoms with Crippen molar-refractivity contribution in [2.75, 3.05) is 7.11 Å². The van der Waals surface area contributed by atoms with Gasteiger partial charge in [0.2, 0.25) is 0 Å². The van der Waals surface area contributed by atoms with Crippen molar-refractivity contribution in [3.8, 4) is 5.75 Å². The molecule has 4 rings (SSSR count). The van der Waals surface area contributed by atoms with Crippen LogP contribution in [0.3, 0.4) is 0 Å². The number of hydrogen-bond acceptors (Lipinski definition) is 8. The molecule has 6 atom stereocenters. The summed E-state index contributed by atoms with van der Waals surface area (Å²) in [6.07, 6.45) is -1.76. The Balaban J connectivity index is 1.73. The van der Waals surface area contributed by atoms with E-state index in [4.69, 9.17) is 23.7 Å². The van der Waals surface area contributed by atoms with Gasteiger partial charge in [0.1, 0.15) is 11.9 Å². The number of carbonyl (C=O) groups is 3. The quantitative estimate of drug-likeness (QED) is 0.399. The van der Waals surface area contributed by atoms with E-state index in [9.17, 15) is 14.4 Å². The van der Waals surface area contributed by atoms with E-state index in [0.717, 1.165) is 24.2 Å². The van der Waals surface area contributed by atoms with Crippen molar-refractivity contribution < 1.29 is 38.1 Å². The average molecular weight is 511 g/mol. The fourth-order valence-corrected chi connectivity index (χ4v) is 5.47. The maximum atomic E-state index is 12.1. The second kappa shape index (κ2) is 11.3. The lowest BCUT2D eigenvalue weighted by molar-refractivity contribution is -0.249. The van der Waals surface area contributed by atoms with E-state index in [1.807, 2.05) is 25.1 Å². The lowest BCUT2D eigenvalue weighted by Crippen LogP contribution is -2.58. The molecule has 8 nitrogen and oxygen atoms in total. The summed E-state index contributed by atoms with van der Waals surface area (Å²) in [6, 6.07) is 14.2. The molecule has 0 saturated carbocycles. The molecule has 0 spiro atoms. The largest absolute Gasteiger partial charge is 0.497 e. The van der Waals surface area contributed by atoms with Gasteiger partial charge < -0.3 is 23.7 Å². The molecule has 2 aliphatic rings. The SMILES string of the molecule is CC[C@H]1O[C@@H](c2ccc3c(c2)C(c2ccc(OC)cc2)CC3)[C@H](OC(C)=O)[C@@H](OC(C)=O)[C@@H]1OC(C)=O. The third-order valence-corrected chi connectivity index (χ3v) is 7.04. The number of ether oxygens (including phenoxy) is 5. The Morgan fingerprint density at radius 3 is 2.03 bits per heavy atom. The van der Waals surface area contributed by atoms with Gasteiger partial charge in [0.15, 0.2) is 18.3 Å². The molecule has 198 valence electrons. The minimum absolute atomic E-state index is 0.205. The lowest BCUT2D eigenvalue weighted by atomic mass is 9.86. The van der Waals surface area contributed by atoms with Crippen molar-refractivity contribution in [3.63, 3.8) is 0 Å². The second-order valence-electron chi connectivity index (χ2n) is 9.55. The Labute approximate surface area is 217 Å². The highest BCUT2D eigenvalue weighted by Crippen LogP contribution is 2.43. The van der Waals surface area contributed by atoms with E-state index < -0.39 is 48.4 Å². The molecule has 0 N–H and O–H groups in total. The van der Waals surface area contributed by atoms with Crippen LogP contribution in [0.5, 0.6) is 5.75 Å². The van der Waals surface area contributed by atoms with Gasteiger partial charge in [0, 0.05) is 26.7 Å². The van der Waals surface area contributed by atoms with E-state index in [0.29, 0.717) is 6.42 Å². The van der Waals surface area contributed by atoms with Crippen LogP contribution in [0, 0.1) is 0 Å². The van der Waals surface area contributed by atoms with E-state index in [1.165, 1.54) is 37.5 Å². The first kappa shape index (κ1) is 26.7. The van der Waals surface area contributed by atoms with Crippen LogP contribution in [0.25, 0.3) is 0 Å². The second-order valence-corrected chi connectivity index (χ2v) is 9.55. The standard InChI is InChI=1S/C29H34O8/c1-6-25-27(34-16(2)30)29(36-18(4)32)28(35-17(3)31)26(37-25)21-8-7-20-11-14-23(24(20)15-21)19-9-12-22(33-5)13-10-19/h7-10,12-13,15,23,25-29H,6,11,14H2,1-5H3/t23?,25-,26+,27-,28+,29+/m1/s1. The number of methoxy groups -OCH3 is 1. The highest BCUT2D eigenvalue weighted by atomic mass is 16.6. The van der Waals surface area contributed by atoms with Crippen molar-refractivity contribution in [2.45, 2.75) is 83.4 Å². The van der Waals surface area contributed by atoms with Crippen molar-refractivity contribution in [1.29, 1.82) is 0 Å². The lowest BCUT2D eigenvalue weighted by Gasteiger charge is -2.45. The molecule has 0 aromatic heterocycles. The summed E-state index contributed by atoms with van der Waals surface area (Å²) in [5.74, 6) is -0.645. The monoisotopic (exact) mass is 510 g/mol. The molecule has 8 heteroatoms. The van der Waals surface area contributed by atoms with Gasteiger partial charge in [0.05, 0.1) is 13.2 Å². The number of esters is 3. The summed E-state index contributed by atoms with van der Waals surface area (Å²) < 4.78 is 28.6. The first-order valence-electron chi connectivity index (χ1n) is 12.7. The Morgan fingerprint density at radius 2 is 1.43 bits per heavy atom. The van der Waals surface area contributed by atoms with E-state index in [1.54, 1.807) is 7.11 Å². The van der Waals surface area contributed by atoms with Gasteiger partial charge in [-0.05, 0) is 53.6 Å². The van der Waals surface area contributed by atoms with Crippen molar-refractivity contribution in [3.05, 3.63) is 64.7 Å². The van der Waals surface area contributed by atoms with Crippen molar-refractivity contribution in [1.82, 2.24) is 0 Å². The molecule has 1 aliphatic carbocycles. The Morgan fingerprint density at radius 1 is 0.838 bits per heavy atom. The fourth-order valence-electron chi connectivity index (χ4n) is 5.47. The summed E-state index contributed by atoms with van der Waals surface area (Å²) >= 11 is 0. The molecule has 1 fully saturated rings. The minimum atomic E-state index is -1.01. The number of benzene rings is 2. The molecule has 1 aliphatic heterocycles. The topological polar surface area (TPSA) is 97.4 Å². The first-order chi connectivity index (χ1) is 17.7. The summed E-state index contributed by atoms with van der Waals surface area (Å²) in [6.45, 7) is 5.74. The number of aryl methyl sites for hydroxylation is 1. The molecule has 1 heterocycles. The summed E-state index contributed by atoms with van der Waals surface area (Å²) in [7, 11) is 1.65. The number of carbonyl (C=O) groups excluding carboxylic acids is 3. The van der Waals surface area contributed by atoms with Gasteiger partial charge in [-0.2, -0.15) is 0 Å². The van der Waals surface area contributed by atoms with Crippen LogP contribution in [-0.4, -0.2) is 49.4 Å². The third-order valence-electron chi connectivity index (χ3n) is 7.04. The maximum absolute atomic E-state index is 12.1. The molecule has 0 amide bonds. The summed E-state index contributed by atoms with van der Waals surface area (Å²) in [5, 5.41) is 0. The van der Waals surface area contributed by atoms with Crippen LogP contribution in [0.15, 0.2) is 42.5 Å². The first-order valence-corrected chi connectivity index (χ1v) is 12.7. The summed E-state index contributed by atoms with van der Waals surface area (Å²) in [4.78, 5) is 36.1. The van der Waals surface area contributed by atoms with E-state index >= 15 is 0 Å². The van der Waals surface area contributed by atoms with Gasteiger partial charge in [-0.1, -0.05) is 37.3 Å². The Kier molecular flexibility index (Phi) is 8.17. The van der Waals surface area contributed by atoms with Crippen molar-refractivity contribution >= 4 is 17.9 Å². The molecule has 37 heavy (non-hydrogen) atoms.